The molecule has 1 unspecified atom stereocenters. The van der Waals surface area contributed by atoms with Crippen LogP contribution in [-0.2, 0) is 4.74 Å². The summed E-state index contributed by atoms with van der Waals surface area (Å²) in [6.07, 6.45) is 0.294. The first kappa shape index (κ1) is 19.2. The minimum Gasteiger partial charge on any atom is -0.410 e. The van der Waals surface area contributed by atoms with E-state index in [1.165, 1.54) is 7.05 Å². The van der Waals surface area contributed by atoms with Crippen molar-refractivity contribution >= 4 is 29.5 Å². The number of carbonyl (C=O) groups excluding carboxylic acids is 1. The fourth-order valence-electron chi connectivity index (χ4n) is 3.03. The van der Waals surface area contributed by atoms with Gasteiger partial charge in [0.2, 0.25) is 5.95 Å². The molecule has 1 atom stereocenters. The number of carbonyl (C=O) groups is 1. The monoisotopic (exact) mass is 391 g/mol. The number of ether oxygens (including phenoxy) is 2. The first-order valence-electron chi connectivity index (χ1n) is 8.62. The van der Waals surface area contributed by atoms with Crippen LogP contribution in [0.4, 0.5) is 16.6 Å². The molecule has 0 saturated carbocycles. The van der Waals surface area contributed by atoms with Gasteiger partial charge >= 0.3 is 6.09 Å². The Morgan fingerprint density at radius 3 is 2.96 bits per heavy atom. The zero-order valence-corrected chi connectivity index (χ0v) is 16.0. The van der Waals surface area contributed by atoms with Gasteiger partial charge in [0.15, 0.2) is 0 Å². The Bertz CT molecular complexity index is 812. The minimum absolute atomic E-state index is 0.207. The quantitative estimate of drug-likeness (QED) is 0.829. The fourth-order valence-corrected chi connectivity index (χ4v) is 3.27. The van der Waals surface area contributed by atoms with E-state index in [2.05, 4.69) is 20.2 Å². The van der Waals surface area contributed by atoms with Crippen molar-refractivity contribution in [2.45, 2.75) is 19.4 Å². The number of rotatable bonds is 3. The average molecular weight is 392 g/mol. The van der Waals surface area contributed by atoms with Crippen LogP contribution in [0.1, 0.15) is 23.7 Å². The summed E-state index contributed by atoms with van der Waals surface area (Å²) >= 11 is 6.47. The normalized spacial score (nSPS) is 17.3. The minimum atomic E-state index is -0.545. The fraction of sp³-hybridized carbons (Fsp3) is 0.389. The van der Waals surface area contributed by atoms with Crippen LogP contribution in [-0.4, -0.2) is 42.9 Å². The lowest BCUT2D eigenvalue weighted by Crippen LogP contribution is -2.32. The van der Waals surface area contributed by atoms with Crippen molar-refractivity contribution in [3.63, 3.8) is 0 Å². The van der Waals surface area contributed by atoms with E-state index in [0.717, 1.165) is 24.2 Å². The van der Waals surface area contributed by atoms with Crippen LogP contribution in [0.2, 0.25) is 5.02 Å². The lowest BCUT2D eigenvalue weighted by atomic mass is 10.0. The molecule has 9 heteroatoms. The number of nitrogens with one attached hydrogen (secondary N) is 1. The molecule has 0 radical (unpaired) electrons. The van der Waals surface area contributed by atoms with Gasteiger partial charge in [-0.15, -0.1) is 0 Å². The molecule has 2 heterocycles. The number of hydrogen-bond acceptors (Lipinski definition) is 7. The SMILES string of the molecule is CNC(=O)Oc1ccc(Cl)c(C2COCCCN2c2cc(C)nc(N)n2)c1. The van der Waals surface area contributed by atoms with E-state index >= 15 is 0 Å². The van der Waals surface area contributed by atoms with Gasteiger partial charge in [0.25, 0.3) is 0 Å². The number of amides is 1. The number of halogens is 1. The number of aryl methyl sites for hydroxylation is 1. The van der Waals surface area contributed by atoms with Crippen LogP contribution in [0, 0.1) is 6.92 Å². The van der Waals surface area contributed by atoms with Gasteiger partial charge in [-0.1, -0.05) is 11.6 Å². The number of nitrogen functional groups attached to an aromatic ring is 1. The Balaban J connectivity index is 2.00. The number of hydrogen-bond donors (Lipinski definition) is 2. The summed E-state index contributed by atoms with van der Waals surface area (Å²) in [4.78, 5) is 22.2. The average Bonchev–Trinajstić information content (AvgIpc) is 2.88. The Kier molecular flexibility index (Phi) is 5.98. The van der Waals surface area contributed by atoms with Crippen molar-refractivity contribution in [3.05, 3.63) is 40.5 Å². The summed E-state index contributed by atoms with van der Waals surface area (Å²) in [5.74, 6) is 1.33. The molecule has 1 aromatic heterocycles. The molecule has 3 N–H and O–H groups in total. The highest BCUT2D eigenvalue weighted by Crippen LogP contribution is 2.35. The molecule has 1 aromatic carbocycles. The van der Waals surface area contributed by atoms with Gasteiger partial charge in [0, 0.05) is 37.0 Å². The Morgan fingerprint density at radius 1 is 1.41 bits per heavy atom. The van der Waals surface area contributed by atoms with E-state index in [0.29, 0.717) is 29.8 Å². The topological polar surface area (TPSA) is 103 Å². The number of nitrogens with two attached hydrogens (primary N) is 1. The second-order valence-corrected chi connectivity index (χ2v) is 6.59. The molecule has 8 nitrogen and oxygen atoms in total. The molecule has 0 bridgehead atoms. The summed E-state index contributed by atoms with van der Waals surface area (Å²) in [7, 11) is 1.50. The highest BCUT2D eigenvalue weighted by atomic mass is 35.5. The summed E-state index contributed by atoms with van der Waals surface area (Å²) in [5, 5.41) is 2.98. The van der Waals surface area contributed by atoms with Crippen LogP contribution >= 0.6 is 11.6 Å². The molecule has 1 amide bonds. The summed E-state index contributed by atoms with van der Waals surface area (Å²) in [6, 6.07) is 6.78. The zero-order valence-electron chi connectivity index (χ0n) is 15.2. The maximum absolute atomic E-state index is 11.5. The molecular formula is C18H22ClN5O3. The maximum atomic E-state index is 11.5. The molecule has 144 valence electrons. The van der Waals surface area contributed by atoms with Crippen LogP contribution in [0.15, 0.2) is 24.3 Å². The third-order valence-corrected chi connectivity index (χ3v) is 4.58. The molecular weight excluding hydrogens is 370 g/mol. The maximum Gasteiger partial charge on any atom is 0.412 e. The highest BCUT2D eigenvalue weighted by Gasteiger charge is 2.27. The van der Waals surface area contributed by atoms with Crippen LogP contribution in [0.5, 0.6) is 5.75 Å². The Hall–Kier alpha value is -2.58. The lowest BCUT2D eigenvalue weighted by molar-refractivity contribution is 0.134. The van der Waals surface area contributed by atoms with Crippen molar-refractivity contribution in [2.24, 2.45) is 0 Å². The second-order valence-electron chi connectivity index (χ2n) is 6.19. The van der Waals surface area contributed by atoms with Crippen LogP contribution < -0.4 is 20.7 Å². The van der Waals surface area contributed by atoms with Gasteiger partial charge in [0.05, 0.1) is 12.6 Å². The summed E-state index contributed by atoms with van der Waals surface area (Å²) < 4.78 is 11.0. The van der Waals surface area contributed by atoms with E-state index in [1.807, 2.05) is 13.0 Å². The summed E-state index contributed by atoms with van der Waals surface area (Å²) in [5.41, 5.74) is 7.41. The molecule has 2 aromatic rings. The third-order valence-electron chi connectivity index (χ3n) is 4.23. The van der Waals surface area contributed by atoms with Gasteiger partial charge < -0.3 is 25.4 Å². The smallest absolute Gasteiger partial charge is 0.410 e. The van der Waals surface area contributed by atoms with Crippen molar-refractivity contribution in [3.8, 4) is 5.75 Å². The van der Waals surface area contributed by atoms with E-state index in [-0.39, 0.29) is 12.0 Å². The molecule has 3 rings (SSSR count). The Morgan fingerprint density at radius 2 is 2.22 bits per heavy atom. The molecule has 1 saturated heterocycles. The predicted molar refractivity (Wildman–Crippen MR) is 103 cm³/mol. The third kappa shape index (κ3) is 4.58. The molecule has 1 fully saturated rings. The lowest BCUT2D eigenvalue weighted by Gasteiger charge is -2.31. The van der Waals surface area contributed by atoms with Gasteiger partial charge in [0.1, 0.15) is 11.6 Å². The van der Waals surface area contributed by atoms with Crippen LogP contribution in [0.25, 0.3) is 0 Å². The Labute approximate surface area is 162 Å². The molecule has 0 aliphatic carbocycles. The van der Waals surface area contributed by atoms with Crippen molar-refractivity contribution in [1.29, 1.82) is 0 Å². The number of anilines is 2. The highest BCUT2D eigenvalue weighted by molar-refractivity contribution is 6.31. The summed E-state index contributed by atoms with van der Waals surface area (Å²) in [6.45, 7) is 3.65. The largest absolute Gasteiger partial charge is 0.412 e. The van der Waals surface area contributed by atoms with E-state index in [1.54, 1.807) is 18.2 Å². The van der Waals surface area contributed by atoms with Crippen LogP contribution in [0.3, 0.4) is 0 Å². The van der Waals surface area contributed by atoms with Gasteiger partial charge in [-0.05, 0) is 37.1 Å². The second kappa shape index (κ2) is 8.41. The number of aromatic nitrogens is 2. The molecule has 1 aliphatic heterocycles. The van der Waals surface area contributed by atoms with Gasteiger partial charge in [-0.25, -0.2) is 9.78 Å². The van der Waals surface area contributed by atoms with Gasteiger partial charge in [-0.2, -0.15) is 4.98 Å². The van der Waals surface area contributed by atoms with Crippen molar-refractivity contribution < 1.29 is 14.3 Å². The number of nitrogens with zero attached hydrogens (tertiary/aromatic N) is 3. The first-order chi connectivity index (χ1) is 13.0. The molecule has 0 spiro atoms. The standard InChI is InChI=1S/C18H22ClN5O3/c1-11-8-16(23-17(20)22-11)24-6-3-7-26-10-15(24)13-9-12(4-5-14(13)19)27-18(25)21-2/h4-5,8-9,15H,3,6-7,10H2,1-2H3,(H,21,25)(H2,20,22,23). The van der Waals surface area contributed by atoms with E-state index < -0.39 is 6.09 Å². The first-order valence-corrected chi connectivity index (χ1v) is 9.00. The molecule has 27 heavy (non-hydrogen) atoms. The molecule has 1 aliphatic rings. The zero-order chi connectivity index (χ0) is 19.4. The van der Waals surface area contributed by atoms with E-state index in [9.17, 15) is 4.79 Å². The predicted octanol–water partition coefficient (Wildman–Crippen LogP) is 2.71. The van der Waals surface area contributed by atoms with E-state index in [4.69, 9.17) is 26.8 Å². The van der Waals surface area contributed by atoms with Gasteiger partial charge in [-0.3, -0.25) is 0 Å². The van der Waals surface area contributed by atoms with Crippen molar-refractivity contribution in [1.82, 2.24) is 15.3 Å². The van der Waals surface area contributed by atoms with Crippen molar-refractivity contribution in [2.75, 3.05) is 37.4 Å². The number of benzene rings is 1.